The van der Waals surface area contributed by atoms with Crippen molar-refractivity contribution in [3.63, 3.8) is 0 Å². The third-order valence-corrected chi connectivity index (χ3v) is 5.23. The van der Waals surface area contributed by atoms with Crippen LogP contribution in [-0.4, -0.2) is 52.4 Å². The SMILES string of the molecule is O=C1NCC2(CCCN(Cc3ccccc3OCCCn3ccnc3)C2)O1. The Morgan fingerprint density at radius 3 is 3.07 bits per heavy atom. The van der Waals surface area contributed by atoms with Crippen LogP contribution in [0.25, 0.3) is 0 Å². The molecule has 1 N–H and O–H groups in total. The Morgan fingerprint density at radius 1 is 1.33 bits per heavy atom. The summed E-state index contributed by atoms with van der Waals surface area (Å²) in [7, 11) is 0. The van der Waals surface area contributed by atoms with Gasteiger partial charge in [-0.15, -0.1) is 0 Å². The molecule has 3 heterocycles. The summed E-state index contributed by atoms with van der Waals surface area (Å²) in [6.07, 6.45) is 8.17. The molecule has 2 fully saturated rings. The number of amides is 1. The summed E-state index contributed by atoms with van der Waals surface area (Å²) in [5.41, 5.74) is 0.810. The number of aryl methyl sites for hydroxylation is 1. The summed E-state index contributed by atoms with van der Waals surface area (Å²) in [6, 6.07) is 8.20. The van der Waals surface area contributed by atoms with Gasteiger partial charge in [-0.3, -0.25) is 4.90 Å². The first-order chi connectivity index (χ1) is 13.2. The van der Waals surface area contributed by atoms with Crippen LogP contribution in [0, 0.1) is 0 Å². The minimum atomic E-state index is -0.365. The average Bonchev–Trinajstić information content (AvgIpc) is 3.30. The van der Waals surface area contributed by atoms with Crippen molar-refractivity contribution in [3.8, 4) is 5.75 Å². The van der Waals surface area contributed by atoms with E-state index in [1.54, 1.807) is 6.20 Å². The maximum Gasteiger partial charge on any atom is 0.407 e. The van der Waals surface area contributed by atoms with Crippen LogP contribution in [0.2, 0.25) is 0 Å². The Morgan fingerprint density at radius 2 is 2.26 bits per heavy atom. The zero-order valence-corrected chi connectivity index (χ0v) is 15.5. The minimum Gasteiger partial charge on any atom is -0.493 e. The molecule has 2 aromatic rings. The van der Waals surface area contributed by atoms with Crippen molar-refractivity contribution >= 4 is 6.09 Å². The largest absolute Gasteiger partial charge is 0.493 e. The quantitative estimate of drug-likeness (QED) is 0.758. The van der Waals surface area contributed by atoms with Crippen molar-refractivity contribution in [2.45, 2.75) is 38.0 Å². The molecule has 7 heteroatoms. The average molecular weight is 370 g/mol. The van der Waals surface area contributed by atoms with E-state index < -0.39 is 0 Å². The molecular weight excluding hydrogens is 344 g/mol. The Labute approximate surface area is 159 Å². The van der Waals surface area contributed by atoms with Gasteiger partial charge in [-0.05, 0) is 31.9 Å². The van der Waals surface area contributed by atoms with Crippen LogP contribution in [0.3, 0.4) is 0 Å². The molecule has 1 amide bonds. The third-order valence-electron chi connectivity index (χ3n) is 5.23. The number of nitrogens with zero attached hydrogens (tertiary/aromatic N) is 3. The number of carbonyl (C=O) groups is 1. The van der Waals surface area contributed by atoms with Gasteiger partial charge in [0.25, 0.3) is 0 Å². The zero-order chi connectivity index (χ0) is 18.5. The molecule has 0 aliphatic carbocycles. The van der Waals surface area contributed by atoms with Gasteiger partial charge in [-0.2, -0.15) is 0 Å². The van der Waals surface area contributed by atoms with Crippen LogP contribution in [0.4, 0.5) is 4.79 Å². The standard InChI is InChI=1S/C20H26N4O3/c25-19-22-14-20(27-19)7-3-9-24(15-20)13-17-5-1-2-6-18(17)26-12-4-10-23-11-8-21-16-23/h1-2,5-6,8,11,16H,3-4,7,9-10,12-15H2,(H,22,25). The molecule has 4 rings (SSSR count). The number of aromatic nitrogens is 2. The summed E-state index contributed by atoms with van der Waals surface area (Å²) < 4.78 is 13.7. The van der Waals surface area contributed by atoms with Crippen molar-refractivity contribution < 1.29 is 14.3 Å². The van der Waals surface area contributed by atoms with Crippen molar-refractivity contribution in [1.82, 2.24) is 19.8 Å². The predicted molar refractivity (Wildman–Crippen MR) is 101 cm³/mol. The smallest absolute Gasteiger partial charge is 0.407 e. The lowest BCUT2D eigenvalue weighted by Gasteiger charge is -2.38. The Balaban J connectivity index is 1.32. The summed E-state index contributed by atoms with van der Waals surface area (Å²) in [6.45, 7) is 4.75. The number of para-hydroxylation sites is 1. The van der Waals surface area contributed by atoms with Gasteiger partial charge < -0.3 is 19.4 Å². The number of likely N-dealkylation sites (tertiary alicyclic amines) is 1. The molecule has 1 aromatic carbocycles. The molecule has 2 aliphatic rings. The monoisotopic (exact) mass is 370 g/mol. The zero-order valence-electron chi connectivity index (χ0n) is 15.5. The van der Waals surface area contributed by atoms with Gasteiger partial charge in [0.1, 0.15) is 11.4 Å². The van der Waals surface area contributed by atoms with Gasteiger partial charge in [0, 0.05) is 37.6 Å². The summed E-state index contributed by atoms with van der Waals surface area (Å²) in [5, 5.41) is 2.80. The van der Waals surface area contributed by atoms with Gasteiger partial charge in [-0.25, -0.2) is 9.78 Å². The summed E-state index contributed by atoms with van der Waals surface area (Å²) in [5.74, 6) is 0.935. The van der Waals surface area contributed by atoms with Crippen LogP contribution in [0.5, 0.6) is 5.75 Å². The Bertz CT molecular complexity index is 764. The highest BCUT2D eigenvalue weighted by Gasteiger charge is 2.43. The van der Waals surface area contributed by atoms with E-state index in [2.05, 4.69) is 25.8 Å². The number of ether oxygens (including phenoxy) is 2. The number of carbonyl (C=O) groups excluding carboxylic acids is 1. The van der Waals surface area contributed by atoms with E-state index in [1.165, 1.54) is 5.56 Å². The first-order valence-electron chi connectivity index (χ1n) is 9.58. The number of rotatable bonds is 7. The highest BCUT2D eigenvalue weighted by Crippen LogP contribution is 2.30. The summed E-state index contributed by atoms with van der Waals surface area (Å²) in [4.78, 5) is 17.9. The van der Waals surface area contributed by atoms with Gasteiger partial charge >= 0.3 is 6.09 Å². The molecule has 2 saturated heterocycles. The topological polar surface area (TPSA) is 68.6 Å². The molecule has 1 unspecified atom stereocenters. The van der Waals surface area contributed by atoms with E-state index >= 15 is 0 Å². The number of piperidine rings is 1. The van der Waals surface area contributed by atoms with Crippen molar-refractivity contribution in [2.24, 2.45) is 0 Å². The molecule has 1 atom stereocenters. The fourth-order valence-electron chi connectivity index (χ4n) is 3.92. The number of hydrogen-bond acceptors (Lipinski definition) is 5. The lowest BCUT2D eigenvalue weighted by Crippen LogP contribution is -2.50. The number of alkyl carbamates (subject to hydrolysis) is 1. The van der Waals surface area contributed by atoms with Crippen LogP contribution in [-0.2, 0) is 17.8 Å². The normalized spacial score (nSPS) is 22.6. The molecule has 0 radical (unpaired) electrons. The first-order valence-corrected chi connectivity index (χ1v) is 9.58. The minimum absolute atomic E-state index is 0.293. The van der Waals surface area contributed by atoms with E-state index in [4.69, 9.17) is 9.47 Å². The second kappa shape index (κ2) is 8.00. The van der Waals surface area contributed by atoms with Crippen LogP contribution < -0.4 is 10.1 Å². The molecular formula is C20H26N4O3. The molecule has 144 valence electrons. The second-order valence-corrected chi connectivity index (χ2v) is 7.35. The highest BCUT2D eigenvalue weighted by atomic mass is 16.6. The fraction of sp³-hybridized carbons (Fsp3) is 0.500. The third kappa shape index (κ3) is 4.42. The second-order valence-electron chi connectivity index (χ2n) is 7.35. The number of benzene rings is 1. The number of nitrogens with one attached hydrogen (secondary N) is 1. The van der Waals surface area contributed by atoms with Crippen LogP contribution in [0.1, 0.15) is 24.8 Å². The van der Waals surface area contributed by atoms with Crippen molar-refractivity contribution in [2.75, 3.05) is 26.2 Å². The van der Waals surface area contributed by atoms with Gasteiger partial charge in [0.05, 0.1) is 19.5 Å². The maximum atomic E-state index is 11.5. The van der Waals surface area contributed by atoms with Gasteiger partial charge in [-0.1, -0.05) is 18.2 Å². The molecule has 7 nitrogen and oxygen atoms in total. The van der Waals surface area contributed by atoms with E-state index in [0.717, 1.165) is 51.2 Å². The first kappa shape index (κ1) is 17.9. The molecule has 0 saturated carbocycles. The Kier molecular flexibility index (Phi) is 5.29. The highest BCUT2D eigenvalue weighted by molar-refractivity contribution is 5.70. The molecule has 2 aliphatic heterocycles. The van der Waals surface area contributed by atoms with Crippen LogP contribution >= 0.6 is 0 Å². The van der Waals surface area contributed by atoms with Gasteiger partial charge in [0.2, 0.25) is 0 Å². The van der Waals surface area contributed by atoms with E-state index in [-0.39, 0.29) is 11.7 Å². The van der Waals surface area contributed by atoms with E-state index in [1.807, 2.05) is 30.7 Å². The number of hydrogen-bond donors (Lipinski definition) is 1. The molecule has 1 spiro atoms. The number of imidazole rings is 1. The van der Waals surface area contributed by atoms with E-state index in [9.17, 15) is 4.79 Å². The van der Waals surface area contributed by atoms with Crippen molar-refractivity contribution in [1.29, 1.82) is 0 Å². The predicted octanol–water partition coefficient (Wildman–Crippen LogP) is 2.43. The molecule has 1 aromatic heterocycles. The van der Waals surface area contributed by atoms with Gasteiger partial charge in [0.15, 0.2) is 0 Å². The lowest BCUT2D eigenvalue weighted by molar-refractivity contribution is -0.0113. The maximum absolute atomic E-state index is 11.5. The van der Waals surface area contributed by atoms with Crippen molar-refractivity contribution in [3.05, 3.63) is 48.5 Å². The molecule has 27 heavy (non-hydrogen) atoms. The van der Waals surface area contributed by atoms with E-state index in [0.29, 0.717) is 13.2 Å². The lowest BCUT2D eigenvalue weighted by atomic mass is 9.92. The fourth-order valence-corrected chi connectivity index (χ4v) is 3.92. The summed E-state index contributed by atoms with van der Waals surface area (Å²) >= 11 is 0. The Hall–Kier alpha value is -2.54. The van der Waals surface area contributed by atoms with Crippen LogP contribution in [0.15, 0.2) is 43.0 Å². The molecule has 0 bridgehead atoms.